The quantitative estimate of drug-likeness (QED) is 0.221. The molecule has 0 aliphatic rings. The number of thiazole rings is 2. The molecule has 0 aliphatic carbocycles. The van der Waals surface area contributed by atoms with Gasteiger partial charge in [-0.05, 0) is 42.8 Å². The van der Waals surface area contributed by atoms with Crippen LogP contribution in [-0.4, -0.2) is 31.6 Å². The summed E-state index contributed by atoms with van der Waals surface area (Å²) in [5, 5.41) is 10.8. The molecule has 0 fully saturated rings. The van der Waals surface area contributed by atoms with E-state index >= 15 is 0 Å². The number of nitrogens with one attached hydrogen (secondary N) is 1. The second-order valence-corrected chi connectivity index (χ2v) is 10.9. The van der Waals surface area contributed by atoms with Crippen LogP contribution in [0.1, 0.15) is 35.7 Å². The van der Waals surface area contributed by atoms with Crippen molar-refractivity contribution in [3.63, 3.8) is 0 Å². The number of rotatable bonds is 7. The summed E-state index contributed by atoms with van der Waals surface area (Å²) in [5.41, 5.74) is 2.84. The number of amides is 1. The lowest BCUT2D eigenvalue weighted by molar-refractivity contribution is 0.0949. The Morgan fingerprint density at radius 1 is 0.925 bits per heavy atom. The third-order valence-corrected chi connectivity index (χ3v) is 7.54. The van der Waals surface area contributed by atoms with Crippen LogP contribution in [0.15, 0.2) is 90.6 Å². The Morgan fingerprint density at radius 2 is 1.77 bits per heavy atom. The maximum atomic E-state index is 13.3. The zero-order valence-corrected chi connectivity index (χ0v) is 22.8. The molecule has 6 aromatic rings. The molecule has 6 rings (SSSR count). The van der Waals surface area contributed by atoms with Crippen molar-refractivity contribution in [1.29, 1.82) is 0 Å². The summed E-state index contributed by atoms with van der Waals surface area (Å²) in [6.07, 6.45) is 7.11. The number of anilines is 1. The molecule has 196 valence electrons. The van der Waals surface area contributed by atoms with Crippen molar-refractivity contribution in [3.05, 3.63) is 117 Å². The highest BCUT2D eigenvalue weighted by molar-refractivity contribution is 7.13. The highest BCUT2D eigenvalue weighted by Crippen LogP contribution is 2.30. The molecule has 3 aromatic carbocycles. The Balaban J connectivity index is 1.31. The van der Waals surface area contributed by atoms with Gasteiger partial charge >= 0.3 is 5.91 Å². The van der Waals surface area contributed by atoms with Crippen molar-refractivity contribution in [2.45, 2.75) is 6.92 Å². The van der Waals surface area contributed by atoms with Gasteiger partial charge in [0.1, 0.15) is 11.5 Å². The summed E-state index contributed by atoms with van der Waals surface area (Å²) in [4.78, 5) is 35.1. The second kappa shape index (κ2) is 11.0. The van der Waals surface area contributed by atoms with Crippen LogP contribution in [0.3, 0.4) is 0 Å². The monoisotopic (exact) mass is 563 g/mol. The maximum Gasteiger partial charge on any atom is 0.307 e. The zero-order chi connectivity index (χ0) is 27.5. The normalized spacial score (nSPS) is 11.2. The minimum absolute atomic E-state index is 0.280. The number of benzene rings is 3. The number of carbonyl (C=O) groups excluding carboxylic acids is 2. The van der Waals surface area contributed by atoms with E-state index < -0.39 is 0 Å². The molecule has 1 N–H and O–H groups in total. The number of aromatic nitrogens is 4. The van der Waals surface area contributed by atoms with Gasteiger partial charge in [0.2, 0.25) is 0 Å². The van der Waals surface area contributed by atoms with Crippen molar-refractivity contribution in [3.8, 4) is 11.5 Å². The van der Waals surface area contributed by atoms with Crippen molar-refractivity contribution >= 4 is 63.2 Å². The van der Waals surface area contributed by atoms with Crippen molar-refractivity contribution in [2.24, 2.45) is 0 Å². The van der Waals surface area contributed by atoms with Crippen molar-refractivity contribution in [2.75, 3.05) is 5.32 Å². The summed E-state index contributed by atoms with van der Waals surface area (Å²) >= 11 is 2.59. The van der Waals surface area contributed by atoms with Gasteiger partial charge < -0.3 is 10.1 Å². The lowest BCUT2D eigenvalue weighted by Gasteiger charge is -2.09. The summed E-state index contributed by atoms with van der Waals surface area (Å²) in [7, 11) is 0. The van der Waals surface area contributed by atoms with Gasteiger partial charge in [-0.3, -0.25) is 9.59 Å². The largest absolute Gasteiger partial charge is 0.457 e. The molecule has 0 spiro atoms. The molecule has 0 saturated carbocycles. The number of ether oxygens (including phenoxy) is 1. The molecule has 1 amide bonds. The number of nitrogens with zero attached hydrogens (tertiary/aromatic N) is 4. The Kier molecular flexibility index (Phi) is 7.00. The topological polar surface area (TPSA) is 99.0 Å². The summed E-state index contributed by atoms with van der Waals surface area (Å²) < 4.78 is 7.49. The van der Waals surface area contributed by atoms with E-state index in [-0.39, 0.29) is 11.8 Å². The van der Waals surface area contributed by atoms with Crippen LogP contribution in [0.2, 0.25) is 0 Å². The van der Waals surface area contributed by atoms with E-state index in [9.17, 15) is 9.59 Å². The Bertz CT molecular complexity index is 1860. The molecular formula is C30H21N5O3S2. The van der Waals surface area contributed by atoms with Crippen LogP contribution in [0.5, 0.6) is 11.5 Å². The first-order valence-corrected chi connectivity index (χ1v) is 13.9. The fraction of sp³-hybridized carbons (Fsp3) is 0.0333. The number of aryl methyl sites for hydroxylation is 1. The predicted molar refractivity (Wildman–Crippen MR) is 158 cm³/mol. The van der Waals surface area contributed by atoms with Gasteiger partial charge in [0.15, 0.2) is 10.0 Å². The van der Waals surface area contributed by atoms with E-state index in [4.69, 9.17) is 4.74 Å². The average molecular weight is 564 g/mol. The Hall–Kier alpha value is -4.93. The molecule has 8 nitrogen and oxygen atoms in total. The van der Waals surface area contributed by atoms with Crippen LogP contribution in [-0.2, 0) is 0 Å². The minimum atomic E-state index is -0.321. The van der Waals surface area contributed by atoms with Gasteiger partial charge in [0, 0.05) is 45.9 Å². The molecule has 0 aliphatic heterocycles. The summed E-state index contributed by atoms with van der Waals surface area (Å²) in [6.45, 7) is 1.90. The van der Waals surface area contributed by atoms with Gasteiger partial charge in [-0.25, -0.2) is 9.97 Å². The first-order chi connectivity index (χ1) is 19.5. The molecule has 0 radical (unpaired) electrons. The second-order valence-electron chi connectivity index (χ2n) is 8.72. The molecular weight excluding hydrogens is 542 g/mol. The first kappa shape index (κ1) is 25.4. The van der Waals surface area contributed by atoms with Crippen LogP contribution in [0.4, 0.5) is 5.69 Å². The smallest absolute Gasteiger partial charge is 0.307 e. The zero-order valence-electron chi connectivity index (χ0n) is 21.1. The molecule has 3 aromatic heterocycles. The highest BCUT2D eigenvalue weighted by atomic mass is 32.1. The van der Waals surface area contributed by atoms with Gasteiger partial charge in [-0.2, -0.15) is 9.78 Å². The standard InChI is InChI=1S/C30H21N5O3S2/c1-19-18-32-28(40-19)27(36)33-21-8-5-9-22(16-21)38-23-11-12-24-25(13-10-20-6-3-2-4-7-20)34-35(26(24)17-23)30(37)29-31-14-15-39-29/h2-18H,1H3,(H,33,36). The lowest BCUT2D eigenvalue weighted by Crippen LogP contribution is -2.13. The molecule has 3 heterocycles. The van der Waals surface area contributed by atoms with E-state index in [1.807, 2.05) is 61.5 Å². The van der Waals surface area contributed by atoms with Gasteiger partial charge in [-0.15, -0.1) is 22.7 Å². The average Bonchev–Trinajstić information content (AvgIpc) is 3.73. The third-order valence-electron chi connectivity index (χ3n) is 5.87. The number of hydrogen-bond donors (Lipinski definition) is 1. The minimum Gasteiger partial charge on any atom is -0.457 e. The summed E-state index contributed by atoms with van der Waals surface area (Å²) in [5.74, 6) is 0.434. The molecule has 40 heavy (non-hydrogen) atoms. The molecule has 0 saturated heterocycles. The van der Waals surface area contributed by atoms with Crippen molar-refractivity contribution in [1.82, 2.24) is 19.7 Å². The first-order valence-electron chi connectivity index (χ1n) is 12.3. The molecule has 0 bridgehead atoms. The van der Waals surface area contributed by atoms with Crippen molar-refractivity contribution < 1.29 is 14.3 Å². The predicted octanol–water partition coefficient (Wildman–Crippen LogP) is 7.16. The molecule has 0 atom stereocenters. The Labute approximate surface area is 237 Å². The van der Waals surface area contributed by atoms with E-state index in [1.54, 1.807) is 48.1 Å². The van der Waals surface area contributed by atoms with Gasteiger partial charge in [-0.1, -0.05) is 42.5 Å². The van der Waals surface area contributed by atoms with Crippen LogP contribution in [0.25, 0.3) is 23.1 Å². The van der Waals surface area contributed by atoms with Crippen LogP contribution < -0.4 is 10.1 Å². The van der Waals surface area contributed by atoms with E-state index in [0.29, 0.717) is 38.4 Å². The fourth-order valence-electron chi connectivity index (χ4n) is 4.04. The van der Waals surface area contributed by atoms with E-state index in [1.165, 1.54) is 27.4 Å². The fourth-order valence-corrected chi connectivity index (χ4v) is 5.26. The van der Waals surface area contributed by atoms with Crippen LogP contribution in [0, 0.1) is 6.92 Å². The highest BCUT2D eigenvalue weighted by Gasteiger charge is 2.19. The SMILES string of the molecule is Cc1cnc(C(=O)Nc2cccc(Oc3ccc4c(C=Cc5ccccc5)nn(C(=O)c5nccs5)c4c3)c2)s1. The van der Waals surface area contributed by atoms with Gasteiger partial charge in [0.25, 0.3) is 5.91 Å². The van der Waals surface area contributed by atoms with Gasteiger partial charge in [0.05, 0.1) is 11.2 Å². The number of hydrogen-bond acceptors (Lipinski definition) is 8. The molecule has 10 heteroatoms. The number of fused-ring (bicyclic) bond motifs is 1. The van der Waals surface area contributed by atoms with E-state index in [0.717, 1.165) is 15.8 Å². The third kappa shape index (κ3) is 5.44. The summed E-state index contributed by atoms with van der Waals surface area (Å²) in [6, 6.07) is 22.5. The maximum absolute atomic E-state index is 13.3. The lowest BCUT2D eigenvalue weighted by atomic mass is 10.1. The van der Waals surface area contributed by atoms with E-state index in [2.05, 4.69) is 20.4 Å². The number of carbonyl (C=O) groups is 2. The molecule has 0 unspecified atom stereocenters. The Morgan fingerprint density at radius 3 is 2.55 bits per heavy atom. The van der Waals surface area contributed by atoms with Crippen LogP contribution >= 0.6 is 22.7 Å².